The lowest BCUT2D eigenvalue weighted by molar-refractivity contribution is 0.173. The molecule has 1 aromatic heterocycles. The highest BCUT2D eigenvalue weighted by Crippen LogP contribution is 2.40. The number of likely N-dealkylation sites (N-methyl/N-ethyl adjacent to an activating group) is 1. The summed E-state index contributed by atoms with van der Waals surface area (Å²) < 4.78 is 5.36. The Kier molecular flexibility index (Phi) is 4.41. The standard InChI is InChI=1S/C11H19N3OS2/c1-3-9-13-10(17-14-9)16-8-4-5-11(6-8,7-15)12-2/h8,12,15H,3-7H2,1-2H3. The van der Waals surface area contributed by atoms with Gasteiger partial charge in [0.15, 0.2) is 4.34 Å². The molecule has 17 heavy (non-hydrogen) atoms. The molecule has 0 bridgehead atoms. The Labute approximate surface area is 110 Å². The highest BCUT2D eigenvalue weighted by molar-refractivity contribution is 8.01. The molecule has 0 aliphatic heterocycles. The number of aliphatic hydroxyl groups is 1. The molecular formula is C11H19N3OS2. The van der Waals surface area contributed by atoms with Gasteiger partial charge in [-0.1, -0.05) is 18.7 Å². The minimum atomic E-state index is -0.0735. The van der Waals surface area contributed by atoms with E-state index < -0.39 is 0 Å². The van der Waals surface area contributed by atoms with E-state index in [1.807, 2.05) is 18.8 Å². The second kappa shape index (κ2) is 5.65. The number of thioether (sulfide) groups is 1. The molecule has 2 N–H and O–H groups in total. The van der Waals surface area contributed by atoms with Gasteiger partial charge in [0.1, 0.15) is 5.82 Å². The van der Waals surface area contributed by atoms with Crippen LogP contribution in [-0.4, -0.2) is 38.9 Å². The Bertz CT molecular complexity index is 365. The van der Waals surface area contributed by atoms with Crippen LogP contribution in [-0.2, 0) is 6.42 Å². The fourth-order valence-electron chi connectivity index (χ4n) is 2.20. The van der Waals surface area contributed by atoms with E-state index in [0.717, 1.165) is 35.8 Å². The molecule has 0 amide bonds. The lowest BCUT2D eigenvalue weighted by Crippen LogP contribution is -2.44. The van der Waals surface area contributed by atoms with Gasteiger partial charge >= 0.3 is 0 Å². The van der Waals surface area contributed by atoms with Gasteiger partial charge in [0.05, 0.1) is 6.61 Å². The zero-order valence-corrected chi connectivity index (χ0v) is 11.9. The molecule has 2 atom stereocenters. The summed E-state index contributed by atoms with van der Waals surface area (Å²) in [5.41, 5.74) is -0.0735. The SMILES string of the molecule is CCc1nsc(SC2CCC(CO)(NC)C2)n1. The lowest BCUT2D eigenvalue weighted by atomic mass is 10.00. The van der Waals surface area contributed by atoms with Crippen molar-refractivity contribution in [1.82, 2.24) is 14.7 Å². The number of nitrogens with zero attached hydrogens (tertiary/aromatic N) is 2. The van der Waals surface area contributed by atoms with Crippen molar-refractivity contribution >= 4 is 23.3 Å². The zero-order chi connectivity index (χ0) is 12.3. The van der Waals surface area contributed by atoms with Crippen LogP contribution in [0.15, 0.2) is 4.34 Å². The van der Waals surface area contributed by atoms with Gasteiger partial charge in [0.2, 0.25) is 0 Å². The molecule has 1 saturated carbocycles. The highest BCUT2D eigenvalue weighted by atomic mass is 32.2. The van der Waals surface area contributed by atoms with Crippen LogP contribution in [0.2, 0.25) is 0 Å². The Morgan fingerprint density at radius 2 is 2.47 bits per heavy atom. The molecule has 1 aliphatic rings. The first-order valence-corrected chi connectivity index (χ1v) is 7.65. The Hall–Kier alpha value is -0.170. The van der Waals surface area contributed by atoms with Crippen LogP contribution >= 0.6 is 23.3 Å². The van der Waals surface area contributed by atoms with E-state index in [-0.39, 0.29) is 12.1 Å². The van der Waals surface area contributed by atoms with E-state index in [4.69, 9.17) is 0 Å². The number of aliphatic hydroxyl groups excluding tert-OH is 1. The summed E-state index contributed by atoms with van der Waals surface area (Å²) in [6.07, 6.45) is 4.08. The predicted octanol–water partition coefficient (Wildman–Crippen LogP) is 1.70. The molecule has 1 aromatic rings. The van der Waals surface area contributed by atoms with E-state index in [0.29, 0.717) is 5.25 Å². The second-order valence-corrected chi connectivity index (χ2v) is 6.80. The van der Waals surface area contributed by atoms with E-state index in [9.17, 15) is 5.11 Å². The third kappa shape index (κ3) is 2.99. The molecule has 2 unspecified atom stereocenters. The number of rotatable bonds is 5. The molecule has 0 aromatic carbocycles. The van der Waals surface area contributed by atoms with Crippen LogP contribution in [0.25, 0.3) is 0 Å². The second-order valence-electron chi connectivity index (χ2n) is 4.50. The average molecular weight is 273 g/mol. The van der Waals surface area contributed by atoms with Crippen molar-refractivity contribution in [3.05, 3.63) is 5.82 Å². The maximum Gasteiger partial charge on any atom is 0.170 e. The molecule has 1 fully saturated rings. The minimum absolute atomic E-state index is 0.0735. The van der Waals surface area contributed by atoms with Crippen LogP contribution in [0.4, 0.5) is 0 Å². The van der Waals surface area contributed by atoms with Gasteiger partial charge in [-0.2, -0.15) is 4.37 Å². The number of hydrogen-bond donors (Lipinski definition) is 2. The van der Waals surface area contributed by atoms with Crippen LogP contribution in [0.3, 0.4) is 0 Å². The topological polar surface area (TPSA) is 58.0 Å². The molecule has 4 nitrogen and oxygen atoms in total. The van der Waals surface area contributed by atoms with Crippen molar-refractivity contribution in [2.75, 3.05) is 13.7 Å². The quantitative estimate of drug-likeness (QED) is 0.855. The summed E-state index contributed by atoms with van der Waals surface area (Å²) in [7, 11) is 1.93. The highest BCUT2D eigenvalue weighted by Gasteiger charge is 2.38. The molecule has 2 rings (SSSR count). The molecule has 0 spiro atoms. The molecule has 1 heterocycles. The summed E-state index contributed by atoms with van der Waals surface area (Å²) in [5, 5.41) is 13.3. The van der Waals surface area contributed by atoms with Crippen molar-refractivity contribution in [3.63, 3.8) is 0 Å². The molecule has 0 saturated heterocycles. The monoisotopic (exact) mass is 273 g/mol. The van der Waals surface area contributed by atoms with E-state index in [1.165, 1.54) is 11.5 Å². The predicted molar refractivity (Wildman–Crippen MR) is 71.7 cm³/mol. The first kappa shape index (κ1) is 13.3. The van der Waals surface area contributed by atoms with Gasteiger partial charge in [-0.15, -0.1) is 0 Å². The third-order valence-corrected chi connectivity index (χ3v) is 5.52. The minimum Gasteiger partial charge on any atom is -0.394 e. The van der Waals surface area contributed by atoms with Crippen LogP contribution in [0.5, 0.6) is 0 Å². The van der Waals surface area contributed by atoms with Gasteiger partial charge in [0.25, 0.3) is 0 Å². The fourth-order valence-corrected chi connectivity index (χ4v) is 4.47. The van der Waals surface area contributed by atoms with E-state index in [2.05, 4.69) is 21.6 Å². The van der Waals surface area contributed by atoms with Crippen molar-refractivity contribution < 1.29 is 5.11 Å². The van der Waals surface area contributed by atoms with Crippen LogP contribution in [0.1, 0.15) is 32.0 Å². The Morgan fingerprint density at radius 1 is 1.65 bits per heavy atom. The molecular weight excluding hydrogens is 254 g/mol. The number of nitrogens with one attached hydrogen (secondary N) is 1. The van der Waals surface area contributed by atoms with Gasteiger partial charge in [0, 0.05) is 17.2 Å². The van der Waals surface area contributed by atoms with Gasteiger partial charge in [-0.25, -0.2) is 4.98 Å². The van der Waals surface area contributed by atoms with Crippen molar-refractivity contribution in [1.29, 1.82) is 0 Å². The third-order valence-electron chi connectivity index (χ3n) is 3.43. The van der Waals surface area contributed by atoms with Gasteiger partial charge in [-0.3, -0.25) is 0 Å². The molecule has 6 heteroatoms. The van der Waals surface area contributed by atoms with Gasteiger partial charge < -0.3 is 10.4 Å². The largest absolute Gasteiger partial charge is 0.394 e. The molecule has 96 valence electrons. The summed E-state index contributed by atoms with van der Waals surface area (Å²) in [5.74, 6) is 0.942. The van der Waals surface area contributed by atoms with E-state index in [1.54, 1.807) is 0 Å². The Balaban J connectivity index is 1.93. The summed E-state index contributed by atoms with van der Waals surface area (Å²) >= 11 is 3.31. The van der Waals surface area contributed by atoms with Gasteiger partial charge in [-0.05, 0) is 37.8 Å². The maximum absolute atomic E-state index is 9.45. The van der Waals surface area contributed by atoms with Crippen LogP contribution in [0, 0.1) is 0 Å². The normalized spacial score (nSPS) is 28.8. The molecule has 0 radical (unpaired) electrons. The maximum atomic E-state index is 9.45. The van der Waals surface area contributed by atoms with Crippen molar-refractivity contribution in [2.24, 2.45) is 0 Å². The fraction of sp³-hybridized carbons (Fsp3) is 0.818. The lowest BCUT2D eigenvalue weighted by Gasteiger charge is -2.26. The smallest absolute Gasteiger partial charge is 0.170 e. The average Bonchev–Trinajstić information content (AvgIpc) is 2.97. The van der Waals surface area contributed by atoms with Crippen molar-refractivity contribution in [3.8, 4) is 0 Å². The van der Waals surface area contributed by atoms with Crippen molar-refractivity contribution in [2.45, 2.75) is 47.7 Å². The van der Waals surface area contributed by atoms with Crippen LogP contribution < -0.4 is 5.32 Å². The number of hydrogen-bond acceptors (Lipinski definition) is 6. The summed E-state index contributed by atoms with van der Waals surface area (Å²) in [6, 6.07) is 0. The summed E-state index contributed by atoms with van der Waals surface area (Å²) in [4.78, 5) is 4.48. The zero-order valence-electron chi connectivity index (χ0n) is 10.3. The number of aryl methyl sites for hydroxylation is 1. The first-order chi connectivity index (χ1) is 8.21. The molecule has 1 aliphatic carbocycles. The van der Waals surface area contributed by atoms with E-state index >= 15 is 0 Å². The first-order valence-electron chi connectivity index (χ1n) is 6.00. The number of aromatic nitrogens is 2. The Morgan fingerprint density at radius 3 is 3.00 bits per heavy atom. The summed E-state index contributed by atoms with van der Waals surface area (Å²) in [6.45, 7) is 2.29.